The van der Waals surface area contributed by atoms with Gasteiger partial charge in [0, 0.05) is 48.7 Å². The van der Waals surface area contributed by atoms with Crippen LogP contribution in [0.1, 0.15) is 38.7 Å². The zero-order valence-electron chi connectivity index (χ0n) is 21.6. The molecule has 3 heterocycles. The summed E-state index contributed by atoms with van der Waals surface area (Å²) in [5, 5.41) is 8.34. The minimum absolute atomic E-state index is 0.167. The molecule has 0 aliphatic carbocycles. The Morgan fingerprint density at radius 2 is 1.89 bits per heavy atom. The van der Waals surface area contributed by atoms with E-state index in [1.165, 1.54) is 0 Å². The highest BCUT2D eigenvalue weighted by atomic mass is 16.5. The predicted octanol–water partition coefficient (Wildman–Crippen LogP) is 3.93. The second-order valence-electron chi connectivity index (χ2n) is 9.65. The quantitative estimate of drug-likeness (QED) is 0.254. The molecule has 0 spiro atoms. The molecule has 0 saturated carbocycles. The Bertz CT molecular complexity index is 1500. The Morgan fingerprint density at radius 3 is 2.66 bits per heavy atom. The van der Waals surface area contributed by atoms with Crippen molar-refractivity contribution < 1.29 is 9.53 Å². The monoisotopic (exact) mass is 513 g/mol. The van der Waals surface area contributed by atoms with Crippen molar-refractivity contribution in [1.29, 1.82) is 0 Å². The first kappa shape index (κ1) is 25.4. The fourth-order valence-electron chi connectivity index (χ4n) is 5.03. The number of benzene rings is 1. The SMILES string of the molecule is CCOC(=O)[C@H](Cc1ccc(Nc2nccc3ccncc23)cc1)Nc1c(N2CCCCC2C)c(=O)c1=O. The number of aromatic nitrogens is 2. The number of ether oxygens (including phenoxy) is 1. The van der Waals surface area contributed by atoms with Gasteiger partial charge in [-0.25, -0.2) is 9.78 Å². The van der Waals surface area contributed by atoms with Crippen molar-refractivity contribution in [2.75, 3.05) is 28.7 Å². The number of nitrogens with one attached hydrogen (secondary N) is 2. The van der Waals surface area contributed by atoms with E-state index in [1.807, 2.05) is 41.3 Å². The van der Waals surface area contributed by atoms with E-state index in [4.69, 9.17) is 4.74 Å². The fraction of sp³-hybridized carbons (Fsp3) is 0.345. The molecule has 1 aliphatic heterocycles. The maximum atomic E-state index is 12.8. The lowest BCUT2D eigenvalue weighted by atomic mass is 9.99. The molecule has 2 aromatic heterocycles. The molecule has 2 atom stereocenters. The lowest BCUT2D eigenvalue weighted by Gasteiger charge is -2.37. The average molecular weight is 514 g/mol. The molecule has 1 unspecified atom stereocenters. The van der Waals surface area contributed by atoms with E-state index in [0.717, 1.165) is 47.8 Å². The summed E-state index contributed by atoms with van der Waals surface area (Å²) in [5.41, 5.74) is 1.26. The van der Waals surface area contributed by atoms with Crippen LogP contribution >= 0.6 is 0 Å². The highest BCUT2D eigenvalue weighted by molar-refractivity contribution is 5.92. The number of esters is 1. The van der Waals surface area contributed by atoms with Gasteiger partial charge in [0.1, 0.15) is 23.2 Å². The largest absolute Gasteiger partial charge is 0.464 e. The van der Waals surface area contributed by atoms with Crippen molar-refractivity contribution in [3.05, 3.63) is 81.0 Å². The van der Waals surface area contributed by atoms with Crippen LogP contribution in [0.5, 0.6) is 0 Å². The molecule has 2 aromatic carbocycles. The predicted molar refractivity (Wildman–Crippen MR) is 149 cm³/mol. The molecule has 0 bridgehead atoms. The summed E-state index contributed by atoms with van der Waals surface area (Å²) >= 11 is 0. The van der Waals surface area contributed by atoms with E-state index in [0.29, 0.717) is 17.9 Å². The van der Waals surface area contributed by atoms with Crippen molar-refractivity contribution in [1.82, 2.24) is 9.97 Å². The number of anilines is 4. The Labute approximate surface area is 220 Å². The van der Waals surface area contributed by atoms with Crippen LogP contribution in [0.3, 0.4) is 0 Å². The van der Waals surface area contributed by atoms with Gasteiger partial charge in [0.05, 0.1) is 6.61 Å². The topological polar surface area (TPSA) is 114 Å². The van der Waals surface area contributed by atoms with Gasteiger partial charge in [-0.1, -0.05) is 12.1 Å². The van der Waals surface area contributed by atoms with Crippen LogP contribution < -0.4 is 26.4 Å². The summed E-state index contributed by atoms with van der Waals surface area (Å²) in [7, 11) is 0. The molecule has 1 fully saturated rings. The standard InChI is InChI=1S/C29H31N5O4/c1-3-38-29(37)23(33-24-25(27(36)26(24)35)34-15-5-4-6-18(34)2)16-19-7-9-21(10-8-19)32-28-22-17-30-13-11-20(22)12-14-31-28/h7-14,17-18,23,33H,3-6,15-16H2,1-2H3,(H,31,32)/t18?,23-/m0/s1. The molecule has 4 aromatic rings. The minimum Gasteiger partial charge on any atom is -0.464 e. The van der Waals surface area contributed by atoms with Crippen LogP contribution in [-0.2, 0) is 16.0 Å². The summed E-state index contributed by atoms with van der Waals surface area (Å²) in [6, 6.07) is 10.9. The number of nitrogens with zero attached hydrogens (tertiary/aromatic N) is 3. The van der Waals surface area contributed by atoms with Crippen LogP contribution in [-0.4, -0.2) is 41.2 Å². The molecule has 196 valence electrons. The number of hydrogen-bond donors (Lipinski definition) is 2. The van der Waals surface area contributed by atoms with Gasteiger partial charge < -0.3 is 20.3 Å². The molecule has 9 nitrogen and oxygen atoms in total. The van der Waals surface area contributed by atoms with Crippen molar-refractivity contribution in [3.8, 4) is 0 Å². The summed E-state index contributed by atoms with van der Waals surface area (Å²) in [6.45, 7) is 4.74. The second-order valence-corrected chi connectivity index (χ2v) is 9.65. The molecular weight excluding hydrogens is 482 g/mol. The highest BCUT2D eigenvalue weighted by Crippen LogP contribution is 2.29. The first-order chi connectivity index (χ1) is 18.5. The van der Waals surface area contributed by atoms with Gasteiger partial charge in [0.25, 0.3) is 10.9 Å². The lowest BCUT2D eigenvalue weighted by Crippen LogP contribution is -2.49. The molecule has 1 saturated heterocycles. The van der Waals surface area contributed by atoms with E-state index >= 15 is 0 Å². The Kier molecular flexibility index (Phi) is 7.35. The molecule has 9 heteroatoms. The summed E-state index contributed by atoms with van der Waals surface area (Å²) in [5.74, 6) is 0.238. The zero-order chi connectivity index (χ0) is 26.6. The lowest BCUT2D eigenvalue weighted by molar-refractivity contribution is -0.144. The van der Waals surface area contributed by atoms with Crippen molar-refractivity contribution in [2.45, 2.75) is 51.6 Å². The van der Waals surface area contributed by atoms with E-state index in [9.17, 15) is 14.4 Å². The van der Waals surface area contributed by atoms with Crippen molar-refractivity contribution in [3.63, 3.8) is 0 Å². The van der Waals surface area contributed by atoms with Gasteiger partial charge in [0.2, 0.25) is 0 Å². The van der Waals surface area contributed by atoms with Gasteiger partial charge in [-0.3, -0.25) is 14.6 Å². The Balaban J connectivity index is 1.34. The van der Waals surface area contributed by atoms with E-state index < -0.39 is 22.9 Å². The van der Waals surface area contributed by atoms with Crippen molar-refractivity contribution >= 4 is 39.6 Å². The third kappa shape index (κ3) is 5.09. The van der Waals surface area contributed by atoms with Crippen LogP contribution in [0, 0.1) is 0 Å². The maximum Gasteiger partial charge on any atom is 0.328 e. The molecule has 38 heavy (non-hydrogen) atoms. The van der Waals surface area contributed by atoms with Crippen LogP contribution in [0.4, 0.5) is 22.9 Å². The normalized spacial score (nSPS) is 16.4. The maximum absolute atomic E-state index is 12.8. The number of carbonyl (C=O) groups excluding carboxylic acids is 1. The van der Waals surface area contributed by atoms with Crippen LogP contribution in [0.15, 0.2) is 64.6 Å². The second kappa shape index (κ2) is 11.0. The van der Waals surface area contributed by atoms with Crippen LogP contribution in [0.2, 0.25) is 0 Å². The first-order valence-corrected chi connectivity index (χ1v) is 13.0. The average Bonchev–Trinajstić information content (AvgIpc) is 2.94. The van der Waals surface area contributed by atoms with Gasteiger partial charge in [0.15, 0.2) is 0 Å². The van der Waals surface area contributed by atoms with Gasteiger partial charge >= 0.3 is 5.97 Å². The summed E-state index contributed by atoms with van der Waals surface area (Å²) < 4.78 is 5.29. The molecule has 0 amide bonds. The van der Waals surface area contributed by atoms with Gasteiger partial charge in [-0.2, -0.15) is 0 Å². The first-order valence-electron chi connectivity index (χ1n) is 13.0. The Morgan fingerprint density at radius 1 is 1.11 bits per heavy atom. The van der Waals surface area contributed by atoms with Crippen LogP contribution in [0.25, 0.3) is 10.8 Å². The molecule has 0 radical (unpaired) electrons. The molecule has 5 rings (SSSR count). The zero-order valence-corrected chi connectivity index (χ0v) is 21.6. The number of piperidine rings is 1. The summed E-state index contributed by atoms with van der Waals surface area (Å²) in [6.07, 6.45) is 8.58. The smallest absolute Gasteiger partial charge is 0.328 e. The fourth-order valence-corrected chi connectivity index (χ4v) is 5.03. The van der Waals surface area contributed by atoms with Crippen molar-refractivity contribution in [2.24, 2.45) is 0 Å². The van der Waals surface area contributed by atoms with Gasteiger partial charge in [-0.15, -0.1) is 0 Å². The number of carbonyl (C=O) groups is 1. The molecule has 2 N–H and O–H groups in total. The molecular formula is C29H31N5O4. The van der Waals surface area contributed by atoms with E-state index in [-0.39, 0.29) is 18.3 Å². The van der Waals surface area contributed by atoms with E-state index in [1.54, 1.807) is 25.5 Å². The third-order valence-corrected chi connectivity index (χ3v) is 7.09. The highest BCUT2D eigenvalue weighted by Gasteiger charge is 2.33. The number of pyridine rings is 2. The number of fused-ring (bicyclic) bond motifs is 1. The Hall–Kier alpha value is -4.27. The third-order valence-electron chi connectivity index (χ3n) is 7.09. The molecule has 1 aliphatic rings. The summed E-state index contributed by atoms with van der Waals surface area (Å²) in [4.78, 5) is 48.5. The van der Waals surface area contributed by atoms with Gasteiger partial charge in [-0.05, 0) is 68.3 Å². The number of hydrogen-bond acceptors (Lipinski definition) is 9. The number of rotatable bonds is 9. The minimum atomic E-state index is -0.804. The van der Waals surface area contributed by atoms with E-state index in [2.05, 4.69) is 27.5 Å².